The lowest BCUT2D eigenvalue weighted by Crippen LogP contribution is -2.12. The minimum atomic E-state index is 0.557. The molecule has 0 aliphatic heterocycles. The molecule has 0 atom stereocenters. The highest BCUT2D eigenvalue weighted by Gasteiger charge is 1.91. The molecule has 5 heteroatoms. The van der Waals surface area contributed by atoms with Crippen LogP contribution < -0.4 is 0 Å². The summed E-state index contributed by atoms with van der Waals surface area (Å²) in [6.45, 7) is 7.26. The lowest BCUT2D eigenvalue weighted by atomic mass is 10.1. The predicted molar refractivity (Wildman–Crippen MR) is 68.7 cm³/mol. The van der Waals surface area contributed by atoms with Crippen molar-refractivity contribution in [3.63, 3.8) is 0 Å². The standard InChI is InChI=1S/C12H25BO4/c1-2-3-5-14-7-9-16-11-12-17-10-8-15-6-4-13/h2-12H2,1H3. The van der Waals surface area contributed by atoms with E-state index in [1.807, 2.05) is 0 Å². The van der Waals surface area contributed by atoms with Gasteiger partial charge in [-0.05, 0) is 6.42 Å². The highest BCUT2D eigenvalue weighted by Crippen LogP contribution is 1.88. The van der Waals surface area contributed by atoms with Crippen LogP contribution >= 0.6 is 0 Å². The molecule has 0 heterocycles. The molecular formula is C12H25BO4. The van der Waals surface area contributed by atoms with Crippen molar-refractivity contribution in [3.05, 3.63) is 0 Å². The first-order valence-electron chi connectivity index (χ1n) is 6.42. The Kier molecular flexibility index (Phi) is 15.8. The van der Waals surface area contributed by atoms with Gasteiger partial charge in [-0.15, -0.1) is 0 Å². The number of hydrogen-bond acceptors (Lipinski definition) is 4. The molecule has 0 aromatic carbocycles. The van der Waals surface area contributed by atoms with Gasteiger partial charge in [0.1, 0.15) is 0 Å². The van der Waals surface area contributed by atoms with E-state index in [9.17, 15) is 0 Å². The Hall–Kier alpha value is -0.0951. The number of unbranched alkanes of at least 4 members (excludes halogenated alkanes) is 1. The van der Waals surface area contributed by atoms with Crippen molar-refractivity contribution in [1.29, 1.82) is 0 Å². The summed E-state index contributed by atoms with van der Waals surface area (Å²) in [5, 5.41) is 0. The summed E-state index contributed by atoms with van der Waals surface area (Å²) in [6, 6.07) is 0. The van der Waals surface area contributed by atoms with Crippen LogP contribution in [0.2, 0.25) is 6.32 Å². The van der Waals surface area contributed by atoms with Crippen LogP contribution in [0.1, 0.15) is 19.8 Å². The molecule has 0 N–H and O–H groups in total. The fourth-order valence-corrected chi connectivity index (χ4v) is 1.09. The Bertz CT molecular complexity index is 122. The lowest BCUT2D eigenvalue weighted by Gasteiger charge is -2.06. The second-order valence-electron chi connectivity index (χ2n) is 3.59. The second kappa shape index (κ2) is 15.9. The van der Waals surface area contributed by atoms with Gasteiger partial charge in [0.25, 0.3) is 0 Å². The van der Waals surface area contributed by atoms with Crippen molar-refractivity contribution in [1.82, 2.24) is 0 Å². The van der Waals surface area contributed by atoms with Crippen LogP contribution in [-0.2, 0) is 18.9 Å². The molecule has 17 heavy (non-hydrogen) atoms. The largest absolute Gasteiger partial charge is 0.380 e. The number of ether oxygens (including phenoxy) is 4. The summed E-state index contributed by atoms with van der Waals surface area (Å²) in [6.07, 6.45) is 2.84. The van der Waals surface area contributed by atoms with Crippen LogP contribution in [0.3, 0.4) is 0 Å². The Morgan fingerprint density at radius 1 is 0.647 bits per heavy atom. The average Bonchev–Trinajstić information content (AvgIpc) is 2.35. The molecule has 0 spiro atoms. The van der Waals surface area contributed by atoms with Gasteiger partial charge in [0.2, 0.25) is 0 Å². The van der Waals surface area contributed by atoms with Gasteiger partial charge < -0.3 is 18.9 Å². The van der Waals surface area contributed by atoms with Gasteiger partial charge in [0.15, 0.2) is 0 Å². The number of rotatable bonds is 14. The van der Waals surface area contributed by atoms with E-state index < -0.39 is 0 Å². The van der Waals surface area contributed by atoms with Gasteiger partial charge in [-0.3, -0.25) is 0 Å². The monoisotopic (exact) mass is 244 g/mol. The Morgan fingerprint density at radius 2 is 1.06 bits per heavy atom. The van der Waals surface area contributed by atoms with Crippen LogP contribution in [0.5, 0.6) is 0 Å². The molecule has 0 aromatic heterocycles. The van der Waals surface area contributed by atoms with Crippen molar-refractivity contribution >= 4 is 7.85 Å². The summed E-state index contributed by atoms with van der Waals surface area (Å²) in [7, 11) is 5.27. The first kappa shape index (κ1) is 16.9. The predicted octanol–water partition coefficient (Wildman–Crippen LogP) is 1.44. The zero-order chi connectivity index (χ0) is 12.6. The quantitative estimate of drug-likeness (QED) is 0.342. The van der Waals surface area contributed by atoms with E-state index in [-0.39, 0.29) is 0 Å². The molecule has 0 amide bonds. The van der Waals surface area contributed by atoms with Crippen molar-refractivity contribution in [2.75, 3.05) is 52.9 Å². The van der Waals surface area contributed by atoms with E-state index in [4.69, 9.17) is 26.8 Å². The fourth-order valence-electron chi connectivity index (χ4n) is 1.09. The van der Waals surface area contributed by atoms with Gasteiger partial charge in [-0.2, -0.15) is 0 Å². The SMILES string of the molecule is [B]CCOCCOCCOCCOCCCC. The molecule has 0 aliphatic carbocycles. The number of hydrogen-bond donors (Lipinski definition) is 0. The first-order chi connectivity index (χ1) is 8.41. The minimum Gasteiger partial charge on any atom is -0.380 e. The van der Waals surface area contributed by atoms with Crippen molar-refractivity contribution < 1.29 is 18.9 Å². The van der Waals surface area contributed by atoms with Crippen LogP contribution in [0, 0.1) is 0 Å². The molecule has 0 bridgehead atoms. The lowest BCUT2D eigenvalue weighted by molar-refractivity contribution is -0.000688. The maximum absolute atomic E-state index is 5.35. The maximum atomic E-state index is 5.35. The molecule has 0 rings (SSSR count). The second-order valence-corrected chi connectivity index (χ2v) is 3.59. The Balaban J connectivity index is 2.85. The van der Waals surface area contributed by atoms with E-state index in [1.54, 1.807) is 0 Å². The molecule has 4 nitrogen and oxygen atoms in total. The molecule has 100 valence electrons. The summed E-state index contributed by atoms with van der Waals surface area (Å²) in [5.41, 5.74) is 0. The summed E-state index contributed by atoms with van der Waals surface area (Å²) in [5.74, 6) is 0. The average molecular weight is 244 g/mol. The van der Waals surface area contributed by atoms with E-state index in [0.29, 0.717) is 52.6 Å². The Morgan fingerprint density at radius 3 is 1.47 bits per heavy atom. The fraction of sp³-hybridized carbons (Fsp3) is 1.00. The smallest absolute Gasteiger partial charge is 0.0701 e. The first-order valence-corrected chi connectivity index (χ1v) is 6.42. The molecule has 0 aliphatic rings. The van der Waals surface area contributed by atoms with Crippen molar-refractivity contribution in [2.45, 2.75) is 26.1 Å². The molecule has 0 fully saturated rings. The highest BCUT2D eigenvalue weighted by molar-refractivity contribution is 6.08. The van der Waals surface area contributed by atoms with Crippen LogP contribution in [0.4, 0.5) is 0 Å². The Labute approximate surface area is 106 Å². The molecule has 0 saturated carbocycles. The minimum absolute atomic E-state index is 0.557. The molecule has 0 aromatic rings. The zero-order valence-corrected chi connectivity index (χ0v) is 11.0. The van der Waals surface area contributed by atoms with Gasteiger partial charge >= 0.3 is 0 Å². The normalized spacial score (nSPS) is 10.9. The van der Waals surface area contributed by atoms with Crippen LogP contribution in [-0.4, -0.2) is 60.7 Å². The van der Waals surface area contributed by atoms with Crippen molar-refractivity contribution in [3.8, 4) is 0 Å². The third kappa shape index (κ3) is 15.9. The van der Waals surface area contributed by atoms with Crippen LogP contribution in [0.15, 0.2) is 0 Å². The summed E-state index contributed by atoms with van der Waals surface area (Å²) in [4.78, 5) is 0. The third-order valence-corrected chi connectivity index (χ3v) is 2.02. The van der Waals surface area contributed by atoms with Crippen LogP contribution in [0.25, 0.3) is 0 Å². The van der Waals surface area contributed by atoms with Gasteiger partial charge in [-0.1, -0.05) is 19.7 Å². The third-order valence-electron chi connectivity index (χ3n) is 2.02. The maximum Gasteiger partial charge on any atom is 0.0701 e. The topological polar surface area (TPSA) is 36.9 Å². The van der Waals surface area contributed by atoms with Gasteiger partial charge in [0, 0.05) is 13.2 Å². The van der Waals surface area contributed by atoms with E-state index in [2.05, 4.69) is 6.92 Å². The molecule has 2 radical (unpaired) electrons. The van der Waals surface area contributed by atoms with Gasteiger partial charge in [-0.25, -0.2) is 0 Å². The molecule has 0 unspecified atom stereocenters. The summed E-state index contributed by atoms with van der Waals surface area (Å²) >= 11 is 0. The molecular weight excluding hydrogens is 219 g/mol. The highest BCUT2D eigenvalue weighted by atomic mass is 16.6. The zero-order valence-electron chi connectivity index (χ0n) is 11.0. The van der Waals surface area contributed by atoms with E-state index in [1.165, 1.54) is 6.42 Å². The van der Waals surface area contributed by atoms with E-state index in [0.717, 1.165) is 13.0 Å². The van der Waals surface area contributed by atoms with Gasteiger partial charge in [0.05, 0.1) is 47.5 Å². The summed E-state index contributed by atoms with van der Waals surface area (Å²) < 4.78 is 21.1. The molecule has 0 saturated heterocycles. The van der Waals surface area contributed by atoms with E-state index >= 15 is 0 Å². The van der Waals surface area contributed by atoms with Crippen molar-refractivity contribution in [2.24, 2.45) is 0 Å².